The smallest absolute Gasteiger partial charge is 0.303 e. The second-order valence-corrected chi connectivity index (χ2v) is 10.8. The Morgan fingerprint density at radius 3 is 1.38 bits per heavy atom. The van der Waals surface area contributed by atoms with Crippen LogP contribution in [0, 0.1) is 22.7 Å². The molecule has 2 saturated heterocycles. The lowest BCUT2D eigenvalue weighted by molar-refractivity contribution is -0.138. The molecule has 2 nitrogen and oxygen atoms in total. The van der Waals surface area contributed by atoms with Gasteiger partial charge in [-0.1, -0.05) is 27.7 Å². The number of halogens is 4. The molecule has 0 N–H and O–H groups in total. The zero-order valence-corrected chi connectivity index (χ0v) is 19.0. The number of alkyl halides is 4. The van der Waals surface area contributed by atoms with Crippen LogP contribution in [0.1, 0.15) is 72.6 Å². The lowest BCUT2D eigenvalue weighted by atomic mass is 9.65. The molecule has 0 unspecified atom stereocenters. The second-order valence-electron chi connectivity index (χ2n) is 10.8. The van der Waals surface area contributed by atoms with E-state index in [2.05, 4.69) is 32.6 Å². The molecule has 6 heteroatoms. The van der Waals surface area contributed by atoms with Crippen molar-refractivity contribution in [3.8, 4) is 0 Å². The molecule has 2 aliphatic rings. The first-order chi connectivity index (χ1) is 13.4. The van der Waals surface area contributed by atoms with Gasteiger partial charge < -0.3 is 9.80 Å². The summed E-state index contributed by atoms with van der Waals surface area (Å²) in [6, 6.07) is 0. The third-order valence-corrected chi connectivity index (χ3v) is 7.91. The first-order valence-electron chi connectivity index (χ1n) is 11.5. The zero-order valence-electron chi connectivity index (χ0n) is 19.0. The molecule has 0 aromatic carbocycles. The Labute approximate surface area is 175 Å². The summed E-state index contributed by atoms with van der Waals surface area (Å²) in [4.78, 5) is 4.22. The van der Waals surface area contributed by atoms with Gasteiger partial charge in [0, 0.05) is 13.1 Å². The van der Waals surface area contributed by atoms with Gasteiger partial charge in [0.1, 0.15) is 6.67 Å². The number of hydrogen-bond acceptors (Lipinski definition) is 2. The molecule has 0 bridgehead atoms. The SMILES string of the molecule is CC(C)(CCC(C)(C)C1CCN(CCC(F)(F)F)CC1)C1CCN(CCF)CC1. The standard InChI is InChI=1S/C23H42F4N2/c1-21(2,19-5-13-28(14-6-19)17-11-23(25,26)27)9-10-22(3,4)20-7-15-29(16-8-20)18-12-24/h19-20H,5-18H2,1-4H3. The molecule has 0 saturated carbocycles. The maximum Gasteiger partial charge on any atom is 0.390 e. The van der Waals surface area contributed by atoms with Crippen molar-refractivity contribution in [1.29, 1.82) is 0 Å². The normalized spacial score (nSPS) is 22.3. The zero-order chi connectivity index (χ0) is 21.7. The average molecular weight is 423 g/mol. The quantitative estimate of drug-likeness (QED) is 0.410. The van der Waals surface area contributed by atoms with Crippen LogP contribution < -0.4 is 0 Å². The van der Waals surface area contributed by atoms with E-state index in [0.29, 0.717) is 18.4 Å². The second kappa shape index (κ2) is 10.3. The van der Waals surface area contributed by atoms with Gasteiger partial charge in [-0.15, -0.1) is 0 Å². The van der Waals surface area contributed by atoms with Crippen molar-refractivity contribution in [1.82, 2.24) is 9.80 Å². The maximum absolute atomic E-state index is 12.6. The van der Waals surface area contributed by atoms with Crippen molar-refractivity contribution >= 4 is 0 Å². The third-order valence-electron chi connectivity index (χ3n) is 7.91. The predicted octanol–water partition coefficient (Wildman–Crippen LogP) is 6.16. The monoisotopic (exact) mass is 422 g/mol. The number of rotatable bonds is 9. The lowest BCUT2D eigenvalue weighted by Crippen LogP contribution is -2.42. The summed E-state index contributed by atoms with van der Waals surface area (Å²) in [6.07, 6.45) is 1.93. The van der Waals surface area contributed by atoms with Crippen molar-refractivity contribution in [2.75, 3.05) is 45.9 Å². The van der Waals surface area contributed by atoms with E-state index >= 15 is 0 Å². The summed E-state index contributed by atoms with van der Waals surface area (Å²) in [5.74, 6) is 1.28. The largest absolute Gasteiger partial charge is 0.390 e. The van der Waals surface area contributed by atoms with Gasteiger partial charge in [-0.2, -0.15) is 13.2 Å². The highest BCUT2D eigenvalue weighted by atomic mass is 19.4. The Morgan fingerprint density at radius 2 is 1.03 bits per heavy atom. The first-order valence-corrected chi connectivity index (χ1v) is 11.5. The summed E-state index contributed by atoms with van der Waals surface area (Å²) < 4.78 is 49.9. The summed E-state index contributed by atoms with van der Waals surface area (Å²) >= 11 is 0. The molecule has 2 fully saturated rings. The molecular formula is C23H42F4N2. The molecular weight excluding hydrogens is 380 g/mol. The highest BCUT2D eigenvalue weighted by Gasteiger charge is 2.37. The van der Waals surface area contributed by atoms with Crippen molar-refractivity contribution in [2.24, 2.45) is 22.7 Å². The van der Waals surface area contributed by atoms with Gasteiger partial charge in [0.25, 0.3) is 0 Å². The van der Waals surface area contributed by atoms with Crippen LogP contribution in [0.5, 0.6) is 0 Å². The maximum atomic E-state index is 12.6. The minimum Gasteiger partial charge on any atom is -0.303 e. The van der Waals surface area contributed by atoms with E-state index in [1.807, 2.05) is 4.90 Å². The molecule has 0 atom stereocenters. The van der Waals surface area contributed by atoms with E-state index in [1.165, 1.54) is 6.42 Å². The van der Waals surface area contributed by atoms with Gasteiger partial charge in [0.05, 0.1) is 6.42 Å². The average Bonchev–Trinajstić information content (AvgIpc) is 2.65. The highest BCUT2D eigenvalue weighted by molar-refractivity contribution is 4.88. The highest BCUT2D eigenvalue weighted by Crippen LogP contribution is 2.45. The summed E-state index contributed by atoms with van der Waals surface area (Å²) in [6.45, 7) is 13.5. The lowest BCUT2D eigenvalue weighted by Gasteiger charge is -2.45. The van der Waals surface area contributed by atoms with Crippen molar-refractivity contribution in [3.05, 3.63) is 0 Å². The minimum atomic E-state index is -4.05. The molecule has 0 aliphatic carbocycles. The van der Waals surface area contributed by atoms with Gasteiger partial charge >= 0.3 is 6.18 Å². The van der Waals surface area contributed by atoms with Crippen LogP contribution in [0.15, 0.2) is 0 Å². The number of likely N-dealkylation sites (tertiary alicyclic amines) is 2. The summed E-state index contributed by atoms with van der Waals surface area (Å²) in [7, 11) is 0. The van der Waals surface area contributed by atoms with E-state index in [-0.39, 0.29) is 24.0 Å². The number of piperidine rings is 2. The van der Waals surface area contributed by atoms with Gasteiger partial charge in [-0.3, -0.25) is 0 Å². The molecule has 0 aromatic rings. The van der Waals surface area contributed by atoms with Crippen molar-refractivity contribution in [2.45, 2.75) is 78.8 Å². The van der Waals surface area contributed by atoms with E-state index in [9.17, 15) is 17.6 Å². The minimum absolute atomic E-state index is 0.144. The Bertz CT molecular complexity index is 474. The van der Waals surface area contributed by atoms with E-state index in [4.69, 9.17) is 0 Å². The molecule has 0 aromatic heterocycles. The topological polar surface area (TPSA) is 6.48 Å². The fraction of sp³-hybridized carbons (Fsp3) is 1.00. The van der Waals surface area contributed by atoms with Crippen molar-refractivity contribution < 1.29 is 17.6 Å². The fourth-order valence-corrected chi connectivity index (χ4v) is 5.33. The Balaban J connectivity index is 1.76. The van der Waals surface area contributed by atoms with E-state index in [0.717, 1.165) is 58.3 Å². The number of hydrogen-bond donors (Lipinski definition) is 0. The Kier molecular flexibility index (Phi) is 8.85. The predicted molar refractivity (Wildman–Crippen MR) is 112 cm³/mol. The van der Waals surface area contributed by atoms with Gasteiger partial charge in [0.2, 0.25) is 0 Å². The molecule has 0 spiro atoms. The molecule has 29 heavy (non-hydrogen) atoms. The molecule has 2 rings (SSSR count). The van der Waals surface area contributed by atoms with Crippen LogP contribution in [0.25, 0.3) is 0 Å². The summed E-state index contributed by atoms with van der Waals surface area (Å²) in [5.41, 5.74) is 0.509. The fourth-order valence-electron chi connectivity index (χ4n) is 5.33. The first kappa shape index (κ1) is 24.9. The Morgan fingerprint density at radius 1 is 0.655 bits per heavy atom. The van der Waals surface area contributed by atoms with Crippen LogP contribution in [0.2, 0.25) is 0 Å². The number of nitrogens with zero attached hydrogens (tertiary/aromatic N) is 2. The molecule has 172 valence electrons. The molecule has 2 aliphatic heterocycles. The Hall–Kier alpha value is -0.360. The van der Waals surface area contributed by atoms with Crippen molar-refractivity contribution in [3.63, 3.8) is 0 Å². The van der Waals surface area contributed by atoms with Gasteiger partial charge in [-0.25, -0.2) is 4.39 Å². The van der Waals surface area contributed by atoms with E-state index < -0.39 is 12.6 Å². The molecule has 0 radical (unpaired) electrons. The van der Waals surface area contributed by atoms with Gasteiger partial charge in [0.15, 0.2) is 0 Å². The summed E-state index contributed by atoms with van der Waals surface area (Å²) in [5, 5.41) is 0. The van der Waals surface area contributed by atoms with Crippen LogP contribution in [-0.4, -0.2) is 61.9 Å². The van der Waals surface area contributed by atoms with E-state index in [1.54, 1.807) is 0 Å². The van der Waals surface area contributed by atoms with Crippen LogP contribution in [0.4, 0.5) is 17.6 Å². The molecule has 2 heterocycles. The van der Waals surface area contributed by atoms with Crippen LogP contribution in [-0.2, 0) is 0 Å². The van der Waals surface area contributed by atoms with Crippen LogP contribution >= 0.6 is 0 Å². The third kappa shape index (κ3) is 8.01. The molecule has 0 amide bonds. The van der Waals surface area contributed by atoms with Gasteiger partial charge in [-0.05, 0) is 87.4 Å². The van der Waals surface area contributed by atoms with Crippen LogP contribution in [0.3, 0.4) is 0 Å².